The monoisotopic (exact) mass is 1980 g/mol. The molecule has 0 aromatic heterocycles. The molecule has 0 aliphatic carbocycles. The average molecular weight is 1990 g/mol. The van der Waals surface area contributed by atoms with Gasteiger partial charge < -0.3 is 241 Å². The van der Waals surface area contributed by atoms with Gasteiger partial charge in [-0.2, -0.15) is 13.2 Å². The minimum Gasteiger partial charge on any atom is -0.547 e. The number of methoxy groups -OCH3 is 4. The SMILES string of the molecule is COC1[CH-]OC(OC2C(O)C(COCC(O)COCCCCOCC(O)COCC3CC(OC4OC(C(=O)[O-])C(OC5OC(CO)CC(OC6OC(C(=O)[O-])C(OC)OC6O)C5NC(C)=O)C(O)C4O)C(NC(C)=O)C(OC)O3)OC(OC3[CH-]OC(OC4C(O)C(COCC(O)COCCCCOCC(O)CO)OC(OC)C4NC(C)=O)C(O)C3O)C2NC(C)=O)C(O)C1O.[Na+].[Na+].[Na+].[Na+]. The van der Waals surface area contributed by atoms with Crippen LogP contribution >= 0.6 is 0 Å². The predicted molar refractivity (Wildman–Crippen MR) is 412 cm³/mol. The molecule has 8 aliphatic rings. The zero-order chi connectivity index (χ0) is 95.2. The van der Waals surface area contributed by atoms with E-state index < -0.39 is 302 Å². The predicted octanol–water partition coefficient (Wildman–Crippen LogP) is -26.4. The molecule has 0 radical (unpaired) electrons. The first-order valence-electron chi connectivity index (χ1n) is 42.2. The number of aliphatic hydroxyl groups excluding tert-OH is 15. The number of aliphatic hydroxyl groups is 15. The van der Waals surface area contributed by atoms with Crippen LogP contribution in [0.25, 0.3) is 0 Å². The van der Waals surface area contributed by atoms with Gasteiger partial charge in [0.2, 0.25) is 36.2 Å². The molecule has 19 N–H and O–H groups in total. The van der Waals surface area contributed by atoms with Crippen LogP contribution < -0.4 is 150 Å². The number of carboxylic acids is 2. The first kappa shape index (κ1) is 125. The van der Waals surface area contributed by atoms with Crippen LogP contribution in [0, 0.1) is 13.2 Å². The molecule has 57 heteroatoms. The van der Waals surface area contributed by atoms with Crippen molar-refractivity contribution >= 4 is 35.6 Å². The normalized spacial score (nSPS) is 37.1. The summed E-state index contributed by atoms with van der Waals surface area (Å²) >= 11 is 0. The molecule has 53 nitrogen and oxygen atoms in total. The second kappa shape index (κ2) is 64.2. The Hall–Kier alpha value is -0.820. The number of hydrogen-bond donors (Lipinski definition) is 19. The maximum absolute atomic E-state index is 12.9. The second-order valence-corrected chi connectivity index (χ2v) is 31.8. The van der Waals surface area contributed by atoms with Crippen LogP contribution in [0.5, 0.6) is 0 Å². The topological polar surface area (TPSA) is 740 Å². The van der Waals surface area contributed by atoms with Crippen molar-refractivity contribution in [3.8, 4) is 0 Å². The summed E-state index contributed by atoms with van der Waals surface area (Å²) in [5.41, 5.74) is 0. The van der Waals surface area contributed by atoms with Crippen LogP contribution in [0.1, 0.15) is 66.2 Å². The first-order chi connectivity index (χ1) is 62.0. The van der Waals surface area contributed by atoms with E-state index in [4.69, 9.17) is 128 Å². The van der Waals surface area contributed by atoms with E-state index in [0.29, 0.717) is 32.3 Å². The molecular weight excluding hydrogens is 1860 g/mol. The molecular formula is C77H128N4Na4O49. The smallest absolute Gasteiger partial charge is 0.547 e. The Morgan fingerprint density at radius 2 is 0.724 bits per heavy atom. The molecule has 8 aliphatic heterocycles. The summed E-state index contributed by atoms with van der Waals surface area (Å²) < 4.78 is 148. The van der Waals surface area contributed by atoms with Crippen molar-refractivity contribution in [2.24, 2.45) is 0 Å². The van der Waals surface area contributed by atoms with Gasteiger partial charge in [0.05, 0.1) is 128 Å². The van der Waals surface area contributed by atoms with Crippen molar-refractivity contribution in [2.45, 2.75) is 306 Å². The minimum atomic E-state index is -2.32. The second-order valence-electron chi connectivity index (χ2n) is 31.8. The van der Waals surface area contributed by atoms with Gasteiger partial charge >= 0.3 is 118 Å². The van der Waals surface area contributed by atoms with Gasteiger partial charge in [-0.05, 0) is 37.9 Å². The third-order valence-corrected chi connectivity index (χ3v) is 21.4. The van der Waals surface area contributed by atoms with Crippen molar-refractivity contribution in [3.05, 3.63) is 13.2 Å². The Morgan fingerprint density at radius 1 is 0.358 bits per heavy atom. The van der Waals surface area contributed by atoms with Gasteiger partial charge in [0.15, 0.2) is 56.4 Å². The fourth-order valence-electron chi connectivity index (χ4n) is 15.0. The maximum atomic E-state index is 12.9. The van der Waals surface area contributed by atoms with E-state index in [0.717, 1.165) is 48.0 Å². The van der Waals surface area contributed by atoms with Gasteiger partial charge in [0.1, 0.15) is 122 Å². The molecule has 4 amide bonds. The molecule has 0 aromatic rings. The number of carboxylic acid groups (broad SMARTS) is 2. The zero-order valence-corrected chi connectivity index (χ0v) is 84.8. The molecule has 754 valence electrons. The Kier molecular flexibility index (Phi) is 60.1. The van der Waals surface area contributed by atoms with Crippen LogP contribution in [0.15, 0.2) is 0 Å². The number of rotatable bonds is 54. The number of nitrogens with one attached hydrogen (secondary N) is 4. The van der Waals surface area contributed by atoms with Crippen molar-refractivity contribution in [2.75, 3.05) is 134 Å². The van der Waals surface area contributed by atoms with Crippen molar-refractivity contribution in [1.82, 2.24) is 21.3 Å². The number of amides is 4. The van der Waals surface area contributed by atoms with Gasteiger partial charge in [0, 0.05) is 95.4 Å². The summed E-state index contributed by atoms with van der Waals surface area (Å²) in [6, 6.07) is -5.62. The van der Waals surface area contributed by atoms with Crippen LogP contribution in [0.2, 0.25) is 0 Å². The third-order valence-electron chi connectivity index (χ3n) is 21.4. The maximum Gasteiger partial charge on any atom is 1.00 e. The molecule has 0 aromatic carbocycles. The molecule has 8 rings (SSSR count). The molecule has 8 saturated heterocycles. The number of ether oxygens (including phenoxy) is 26. The summed E-state index contributed by atoms with van der Waals surface area (Å²) in [5, 5.41) is 199. The third kappa shape index (κ3) is 38.2. The number of aliphatic carboxylic acids is 2. The Labute approximate surface area is 860 Å². The van der Waals surface area contributed by atoms with Gasteiger partial charge in [0.25, 0.3) is 0 Å². The number of hydrogen-bond acceptors (Lipinski definition) is 49. The summed E-state index contributed by atoms with van der Waals surface area (Å²) in [4.78, 5) is 75.4. The fourth-order valence-corrected chi connectivity index (χ4v) is 15.0. The summed E-state index contributed by atoms with van der Waals surface area (Å²) in [6.07, 6.45) is -56.4. The Balaban J connectivity index is 0.00000938. The molecule has 39 unspecified atom stereocenters. The van der Waals surface area contributed by atoms with E-state index in [2.05, 4.69) is 21.3 Å². The van der Waals surface area contributed by atoms with Crippen LogP contribution in [0.4, 0.5) is 0 Å². The first-order valence-corrected chi connectivity index (χ1v) is 42.2. The van der Waals surface area contributed by atoms with Gasteiger partial charge in [-0.25, -0.2) is 0 Å². The molecule has 39 atom stereocenters. The molecule has 8 fully saturated rings. The average Bonchev–Trinajstić information content (AvgIpc) is 0.776. The van der Waals surface area contributed by atoms with Crippen LogP contribution in [-0.4, -0.2) is 486 Å². The van der Waals surface area contributed by atoms with E-state index in [1.165, 1.54) is 21.3 Å². The van der Waals surface area contributed by atoms with Gasteiger partial charge in [-0.3, -0.25) is 19.2 Å². The van der Waals surface area contributed by atoms with Gasteiger partial charge in [-0.15, -0.1) is 0 Å². The van der Waals surface area contributed by atoms with Gasteiger partial charge in [-0.1, -0.05) is 0 Å². The fraction of sp³-hybridized carbons (Fsp3) is 0.896. The summed E-state index contributed by atoms with van der Waals surface area (Å²) in [6.45, 7) is 3.09. The molecule has 0 bridgehead atoms. The number of carbonyl (C=O) groups is 6. The van der Waals surface area contributed by atoms with E-state index >= 15 is 0 Å². The van der Waals surface area contributed by atoms with Crippen LogP contribution in [0.3, 0.4) is 0 Å². The summed E-state index contributed by atoms with van der Waals surface area (Å²) in [7, 11) is 4.76. The molecule has 0 spiro atoms. The number of carbonyl (C=O) groups excluding carboxylic acids is 6. The van der Waals surface area contributed by atoms with Crippen molar-refractivity contribution in [1.29, 1.82) is 0 Å². The van der Waals surface area contributed by atoms with E-state index in [9.17, 15) is 110 Å². The molecule has 8 heterocycles. The van der Waals surface area contributed by atoms with Crippen molar-refractivity contribution in [3.63, 3.8) is 0 Å². The van der Waals surface area contributed by atoms with Crippen molar-refractivity contribution < 1.29 is 357 Å². The largest absolute Gasteiger partial charge is 1.00 e. The Bertz CT molecular complexity index is 3330. The number of unbranched alkanes of at least 4 members (excludes halogenated alkanes) is 2. The zero-order valence-electron chi connectivity index (χ0n) is 76.8. The minimum absolute atomic E-state index is 0. The summed E-state index contributed by atoms with van der Waals surface area (Å²) in [5.74, 6) is -6.61. The molecule has 0 saturated carbocycles. The Morgan fingerprint density at radius 3 is 1.17 bits per heavy atom. The standard InChI is InChI=1S/C77H130N4O49.4Na/c1-33(84)78-49-44(120-75-60(99)57(96)63(64(128-75)66(100)101)127-71-50(79-34(2)85)43(17-41(20-83)118-71)121-77-68(104)130-76(108-8)65(129-77)67(102)103)18-42(119-69(49)106-6)28-113-25-38(89)22-110-15-11-12-16-112-24-40(91)27-115-30-47-56(95)62(126-73-58(97)53(92)45(105-5)31-116-73)52(81-36(4)87)72(123-47)124-48-32-117-74(59(98)54(48)93)125-61-51(80-35(3)86)70(107-7)122-46(55(61)94)29-114-26-39(90)23-111-14-10-9-13-109-21-37(88)19-82;;;;/h31-32,37-65,68-77,82-83,88-99,104H,9-30H2,1-8H3,(H,78,84)(H,79,85)(H,80,86)(H,81,87)(H,100,101)(H,102,103);;;;/q-2;4*+1/p-2. The molecule has 134 heavy (non-hydrogen) atoms. The van der Waals surface area contributed by atoms with E-state index in [-0.39, 0.29) is 204 Å². The van der Waals surface area contributed by atoms with E-state index in [1.54, 1.807) is 0 Å². The quantitative estimate of drug-likeness (QED) is 0.0153. The van der Waals surface area contributed by atoms with Crippen LogP contribution in [-0.2, 0) is 152 Å². The van der Waals surface area contributed by atoms with E-state index in [1.807, 2.05) is 0 Å².